The van der Waals surface area contributed by atoms with Crippen LogP contribution in [0.1, 0.15) is 25.8 Å². The average molecular weight is 289 g/mol. The Morgan fingerprint density at radius 3 is 2.39 bits per heavy atom. The van der Waals surface area contributed by atoms with Crippen LogP contribution in [0.2, 0.25) is 10.0 Å². The molecule has 1 rings (SSSR count). The number of benzene rings is 1. The van der Waals surface area contributed by atoms with Gasteiger partial charge in [0.25, 0.3) is 0 Å². The zero-order valence-electron chi connectivity index (χ0n) is 11.3. The van der Waals surface area contributed by atoms with Gasteiger partial charge < -0.3 is 10.2 Å². The molecule has 1 aromatic carbocycles. The van der Waals surface area contributed by atoms with E-state index >= 15 is 0 Å². The minimum atomic E-state index is 0.632. The molecule has 0 radical (unpaired) electrons. The summed E-state index contributed by atoms with van der Waals surface area (Å²) in [4.78, 5) is 2.36. The summed E-state index contributed by atoms with van der Waals surface area (Å²) in [5, 5.41) is 4.79. The van der Waals surface area contributed by atoms with Crippen LogP contribution in [0.3, 0.4) is 0 Å². The number of nitrogens with one attached hydrogen (secondary N) is 1. The van der Waals surface area contributed by atoms with Crippen molar-refractivity contribution in [2.24, 2.45) is 0 Å². The minimum absolute atomic E-state index is 0.632. The van der Waals surface area contributed by atoms with Crippen LogP contribution in [0.4, 0.5) is 0 Å². The van der Waals surface area contributed by atoms with Gasteiger partial charge in [0, 0.05) is 35.7 Å². The smallest absolute Gasteiger partial charge is 0.0424 e. The average Bonchev–Trinajstić information content (AvgIpc) is 2.32. The fourth-order valence-electron chi connectivity index (χ4n) is 1.73. The van der Waals surface area contributed by atoms with Crippen LogP contribution >= 0.6 is 23.2 Å². The van der Waals surface area contributed by atoms with Crippen molar-refractivity contribution in [2.75, 3.05) is 20.1 Å². The molecule has 0 aliphatic heterocycles. The molecule has 0 amide bonds. The molecule has 0 aliphatic carbocycles. The van der Waals surface area contributed by atoms with E-state index in [1.807, 2.05) is 12.1 Å². The summed E-state index contributed by atoms with van der Waals surface area (Å²) in [6.07, 6.45) is 1.18. The second-order valence-electron chi connectivity index (χ2n) is 4.69. The van der Waals surface area contributed by atoms with E-state index in [-0.39, 0.29) is 0 Å². The molecule has 0 heterocycles. The van der Waals surface area contributed by atoms with Gasteiger partial charge in [-0.3, -0.25) is 0 Å². The van der Waals surface area contributed by atoms with Crippen LogP contribution in [-0.2, 0) is 6.54 Å². The first-order chi connectivity index (χ1) is 8.52. The van der Waals surface area contributed by atoms with Gasteiger partial charge in [-0.25, -0.2) is 0 Å². The van der Waals surface area contributed by atoms with Gasteiger partial charge in [0.15, 0.2) is 0 Å². The predicted molar refractivity (Wildman–Crippen MR) is 80.6 cm³/mol. The van der Waals surface area contributed by atoms with Crippen LogP contribution in [0.15, 0.2) is 18.2 Å². The quantitative estimate of drug-likeness (QED) is 0.768. The molecule has 102 valence electrons. The third-order valence-electron chi connectivity index (χ3n) is 3.24. The molecule has 0 aromatic heterocycles. The lowest BCUT2D eigenvalue weighted by Crippen LogP contribution is -2.34. The fraction of sp³-hybridized carbons (Fsp3) is 0.571. The molecule has 0 saturated carbocycles. The molecule has 0 saturated heterocycles. The van der Waals surface area contributed by atoms with Crippen LogP contribution < -0.4 is 5.32 Å². The molecule has 1 atom stereocenters. The molecule has 0 fully saturated rings. The van der Waals surface area contributed by atoms with Gasteiger partial charge >= 0.3 is 0 Å². The molecule has 1 N–H and O–H groups in total. The standard InChI is InChI=1S/C14H22Cl2N2/c1-4-11(2)18(3)6-5-17-10-12-7-13(15)9-14(16)8-12/h7-9,11,17H,4-6,10H2,1-3H3. The van der Waals surface area contributed by atoms with Crippen molar-refractivity contribution in [3.8, 4) is 0 Å². The molecule has 2 nitrogen and oxygen atoms in total. The van der Waals surface area contributed by atoms with Crippen molar-refractivity contribution >= 4 is 23.2 Å². The molecule has 0 aliphatic rings. The summed E-state index contributed by atoms with van der Waals surface area (Å²) in [7, 11) is 2.16. The van der Waals surface area contributed by atoms with E-state index in [9.17, 15) is 0 Å². The maximum atomic E-state index is 5.95. The Morgan fingerprint density at radius 1 is 1.22 bits per heavy atom. The summed E-state index contributed by atoms with van der Waals surface area (Å²) in [5.41, 5.74) is 1.12. The first-order valence-corrected chi connectivity index (χ1v) is 7.14. The highest BCUT2D eigenvalue weighted by molar-refractivity contribution is 6.34. The van der Waals surface area contributed by atoms with Gasteiger partial charge in [0.05, 0.1) is 0 Å². The highest BCUT2D eigenvalue weighted by Gasteiger charge is 2.05. The largest absolute Gasteiger partial charge is 0.311 e. The predicted octanol–water partition coefficient (Wildman–Crippen LogP) is 3.81. The van der Waals surface area contributed by atoms with Gasteiger partial charge in [-0.2, -0.15) is 0 Å². The number of halogens is 2. The molecule has 1 unspecified atom stereocenters. The molecule has 0 spiro atoms. The lowest BCUT2D eigenvalue weighted by molar-refractivity contribution is 0.252. The molecule has 18 heavy (non-hydrogen) atoms. The Kier molecular flexibility index (Phi) is 7.02. The van der Waals surface area contributed by atoms with Crippen LogP contribution in [0, 0.1) is 0 Å². The summed E-state index contributed by atoms with van der Waals surface area (Å²) < 4.78 is 0. The van der Waals surface area contributed by atoms with Crippen LogP contribution in [0.5, 0.6) is 0 Å². The monoisotopic (exact) mass is 288 g/mol. The second kappa shape index (κ2) is 8.00. The molecule has 1 aromatic rings. The van der Waals surface area contributed by atoms with Gasteiger partial charge in [0.1, 0.15) is 0 Å². The minimum Gasteiger partial charge on any atom is -0.311 e. The Bertz CT molecular complexity index is 349. The number of likely N-dealkylation sites (N-methyl/N-ethyl adjacent to an activating group) is 1. The Balaban J connectivity index is 2.29. The first kappa shape index (κ1) is 15.8. The van der Waals surface area contributed by atoms with Crippen molar-refractivity contribution in [3.63, 3.8) is 0 Å². The topological polar surface area (TPSA) is 15.3 Å². The second-order valence-corrected chi connectivity index (χ2v) is 5.57. The SMILES string of the molecule is CCC(C)N(C)CCNCc1cc(Cl)cc(Cl)c1. The van der Waals surface area contributed by atoms with Crippen molar-refractivity contribution in [3.05, 3.63) is 33.8 Å². The number of nitrogens with zero attached hydrogens (tertiary/aromatic N) is 1. The first-order valence-electron chi connectivity index (χ1n) is 6.39. The fourth-order valence-corrected chi connectivity index (χ4v) is 2.30. The molecule has 0 bridgehead atoms. The summed E-state index contributed by atoms with van der Waals surface area (Å²) in [5.74, 6) is 0. The van der Waals surface area contributed by atoms with Crippen molar-refractivity contribution in [1.82, 2.24) is 10.2 Å². The maximum Gasteiger partial charge on any atom is 0.0424 e. The maximum absolute atomic E-state index is 5.95. The molecular weight excluding hydrogens is 267 g/mol. The molecule has 4 heteroatoms. The van der Waals surface area contributed by atoms with Crippen LogP contribution in [-0.4, -0.2) is 31.1 Å². The number of hydrogen-bond acceptors (Lipinski definition) is 2. The molecular formula is C14H22Cl2N2. The zero-order valence-corrected chi connectivity index (χ0v) is 12.9. The van der Waals surface area contributed by atoms with Crippen molar-refractivity contribution in [2.45, 2.75) is 32.9 Å². The van der Waals surface area contributed by atoms with Gasteiger partial charge in [-0.1, -0.05) is 30.1 Å². The van der Waals surface area contributed by atoms with Gasteiger partial charge in [0.2, 0.25) is 0 Å². The Morgan fingerprint density at radius 2 is 1.83 bits per heavy atom. The van der Waals surface area contributed by atoms with E-state index in [0.29, 0.717) is 16.1 Å². The van der Waals surface area contributed by atoms with E-state index in [4.69, 9.17) is 23.2 Å². The summed E-state index contributed by atoms with van der Waals surface area (Å²) in [6.45, 7) is 7.27. The zero-order chi connectivity index (χ0) is 13.5. The Hall–Kier alpha value is -0.280. The number of hydrogen-bond donors (Lipinski definition) is 1. The van der Waals surface area contributed by atoms with E-state index < -0.39 is 0 Å². The van der Waals surface area contributed by atoms with E-state index in [1.54, 1.807) is 6.07 Å². The third kappa shape index (κ3) is 5.57. The van der Waals surface area contributed by atoms with Crippen molar-refractivity contribution < 1.29 is 0 Å². The van der Waals surface area contributed by atoms with Crippen molar-refractivity contribution in [1.29, 1.82) is 0 Å². The number of rotatable bonds is 7. The summed E-state index contributed by atoms with van der Waals surface area (Å²) in [6, 6.07) is 6.27. The highest BCUT2D eigenvalue weighted by atomic mass is 35.5. The lowest BCUT2D eigenvalue weighted by Gasteiger charge is -2.23. The van der Waals surface area contributed by atoms with E-state index in [0.717, 1.165) is 25.2 Å². The van der Waals surface area contributed by atoms with Gasteiger partial charge in [-0.15, -0.1) is 0 Å². The Labute approximate surface area is 120 Å². The van der Waals surface area contributed by atoms with E-state index in [1.165, 1.54) is 6.42 Å². The lowest BCUT2D eigenvalue weighted by atomic mass is 10.2. The van der Waals surface area contributed by atoms with Crippen LogP contribution in [0.25, 0.3) is 0 Å². The summed E-state index contributed by atoms with van der Waals surface area (Å²) >= 11 is 11.9. The third-order valence-corrected chi connectivity index (χ3v) is 3.67. The highest BCUT2D eigenvalue weighted by Crippen LogP contribution is 2.18. The normalized spacial score (nSPS) is 13.0. The van der Waals surface area contributed by atoms with E-state index in [2.05, 4.69) is 31.1 Å². The van der Waals surface area contributed by atoms with Gasteiger partial charge in [-0.05, 0) is 44.2 Å².